The van der Waals surface area contributed by atoms with Gasteiger partial charge in [-0.3, -0.25) is 15.1 Å². The lowest BCUT2D eigenvalue weighted by Gasteiger charge is -2.10. The summed E-state index contributed by atoms with van der Waals surface area (Å²) in [6.07, 6.45) is 1.55. The van der Waals surface area contributed by atoms with Gasteiger partial charge in [0.15, 0.2) is 0 Å². The van der Waals surface area contributed by atoms with Crippen molar-refractivity contribution in [1.82, 2.24) is 4.98 Å². The molecule has 5 heteroatoms. The second-order valence-corrected chi connectivity index (χ2v) is 3.50. The Kier molecular flexibility index (Phi) is 3.11. The highest BCUT2D eigenvalue weighted by molar-refractivity contribution is 5.42. The zero-order valence-electron chi connectivity index (χ0n) is 8.85. The molecule has 2 aromatic rings. The molecule has 0 spiro atoms. The van der Waals surface area contributed by atoms with Crippen molar-refractivity contribution in [2.45, 2.75) is 6.10 Å². The second kappa shape index (κ2) is 4.71. The highest BCUT2D eigenvalue weighted by Crippen LogP contribution is 2.28. The Balaban J connectivity index is 2.44. The number of aliphatic hydroxyl groups excluding tert-OH is 1. The number of nitro groups is 1. The Bertz CT molecular complexity index is 528. The quantitative estimate of drug-likeness (QED) is 0.646. The number of aromatic nitrogens is 1. The van der Waals surface area contributed by atoms with Crippen LogP contribution >= 0.6 is 0 Å². The first-order chi connectivity index (χ1) is 8.20. The molecule has 1 atom stereocenters. The lowest BCUT2D eigenvalue weighted by Crippen LogP contribution is -2.04. The van der Waals surface area contributed by atoms with Gasteiger partial charge in [-0.25, -0.2) is 0 Å². The van der Waals surface area contributed by atoms with Gasteiger partial charge in [-0.05, 0) is 11.6 Å². The molecular formula is C12H10N2O3. The van der Waals surface area contributed by atoms with Crippen LogP contribution in [-0.2, 0) is 0 Å². The maximum absolute atomic E-state index is 10.8. The molecule has 0 aliphatic carbocycles. The normalized spacial score (nSPS) is 12.1. The molecule has 1 heterocycles. The summed E-state index contributed by atoms with van der Waals surface area (Å²) in [5.41, 5.74) is 0.682. The summed E-state index contributed by atoms with van der Waals surface area (Å²) in [5, 5.41) is 20.9. The van der Waals surface area contributed by atoms with Gasteiger partial charge in [0.25, 0.3) is 5.69 Å². The summed E-state index contributed by atoms with van der Waals surface area (Å²) in [6, 6.07) is 10.2. The first-order valence-electron chi connectivity index (χ1n) is 5.01. The minimum Gasteiger partial charge on any atom is -0.383 e. The molecule has 2 rings (SSSR count). The third-order valence-electron chi connectivity index (χ3n) is 2.44. The van der Waals surface area contributed by atoms with Crippen molar-refractivity contribution < 1.29 is 10.0 Å². The van der Waals surface area contributed by atoms with Gasteiger partial charge in [0.05, 0.1) is 10.5 Å². The molecule has 0 radical (unpaired) electrons. The van der Waals surface area contributed by atoms with Gasteiger partial charge in [0.2, 0.25) is 0 Å². The predicted octanol–water partition coefficient (Wildman–Crippen LogP) is 2.07. The van der Waals surface area contributed by atoms with Crippen molar-refractivity contribution in [2.75, 3.05) is 0 Å². The van der Waals surface area contributed by atoms with Crippen LogP contribution in [-0.4, -0.2) is 15.0 Å². The summed E-state index contributed by atoms with van der Waals surface area (Å²) in [5.74, 6) is 0. The number of rotatable bonds is 3. The predicted molar refractivity (Wildman–Crippen MR) is 61.4 cm³/mol. The van der Waals surface area contributed by atoms with E-state index in [9.17, 15) is 15.2 Å². The van der Waals surface area contributed by atoms with E-state index in [1.54, 1.807) is 24.3 Å². The van der Waals surface area contributed by atoms with E-state index in [2.05, 4.69) is 4.98 Å². The topological polar surface area (TPSA) is 76.3 Å². The van der Waals surface area contributed by atoms with Crippen molar-refractivity contribution in [3.63, 3.8) is 0 Å². The van der Waals surface area contributed by atoms with E-state index < -0.39 is 11.0 Å². The molecule has 0 aliphatic rings. The Labute approximate surface area is 97.5 Å². The number of hydrogen-bond donors (Lipinski definition) is 1. The zero-order valence-corrected chi connectivity index (χ0v) is 8.85. The highest BCUT2D eigenvalue weighted by atomic mass is 16.6. The SMILES string of the molecule is O=[N+]([O-])c1cnccc1C(O)c1ccccc1. The average molecular weight is 230 g/mol. The number of pyridine rings is 1. The fourth-order valence-corrected chi connectivity index (χ4v) is 1.60. The number of aliphatic hydroxyl groups is 1. The van der Waals surface area contributed by atoms with E-state index in [1.807, 2.05) is 6.07 Å². The maximum atomic E-state index is 10.8. The van der Waals surface area contributed by atoms with Crippen LogP contribution in [0, 0.1) is 10.1 Å². The van der Waals surface area contributed by atoms with Crippen molar-refractivity contribution >= 4 is 5.69 Å². The zero-order chi connectivity index (χ0) is 12.3. The monoisotopic (exact) mass is 230 g/mol. The first-order valence-corrected chi connectivity index (χ1v) is 5.01. The Morgan fingerprint density at radius 2 is 1.94 bits per heavy atom. The van der Waals surface area contributed by atoms with Crippen LogP contribution in [0.3, 0.4) is 0 Å². The maximum Gasteiger partial charge on any atom is 0.293 e. The molecule has 0 amide bonds. The van der Waals surface area contributed by atoms with Gasteiger partial charge in [-0.15, -0.1) is 0 Å². The minimum atomic E-state index is -1.01. The molecule has 1 aromatic carbocycles. The lowest BCUT2D eigenvalue weighted by atomic mass is 10.0. The fourth-order valence-electron chi connectivity index (χ4n) is 1.60. The van der Waals surface area contributed by atoms with Crippen LogP contribution in [0.4, 0.5) is 5.69 Å². The summed E-state index contributed by atoms with van der Waals surface area (Å²) >= 11 is 0. The largest absolute Gasteiger partial charge is 0.383 e. The summed E-state index contributed by atoms with van der Waals surface area (Å²) in [4.78, 5) is 14.0. The van der Waals surface area contributed by atoms with E-state index in [0.29, 0.717) is 5.56 Å². The molecule has 0 fully saturated rings. The Morgan fingerprint density at radius 1 is 1.24 bits per heavy atom. The number of benzene rings is 1. The molecule has 86 valence electrons. The highest BCUT2D eigenvalue weighted by Gasteiger charge is 2.21. The van der Waals surface area contributed by atoms with Crippen LogP contribution < -0.4 is 0 Å². The van der Waals surface area contributed by atoms with Gasteiger partial charge in [0, 0.05) is 6.20 Å². The molecule has 0 bridgehead atoms. The standard InChI is InChI=1S/C12H10N2O3/c15-12(9-4-2-1-3-5-9)10-6-7-13-8-11(10)14(16)17/h1-8,12,15H. The van der Waals surface area contributed by atoms with E-state index in [0.717, 1.165) is 6.20 Å². The lowest BCUT2D eigenvalue weighted by molar-refractivity contribution is -0.386. The molecule has 17 heavy (non-hydrogen) atoms. The summed E-state index contributed by atoms with van der Waals surface area (Å²) < 4.78 is 0. The van der Waals surface area contributed by atoms with Gasteiger partial charge in [0.1, 0.15) is 12.3 Å². The molecule has 1 N–H and O–H groups in total. The van der Waals surface area contributed by atoms with Crippen LogP contribution in [0.2, 0.25) is 0 Å². The smallest absolute Gasteiger partial charge is 0.293 e. The van der Waals surface area contributed by atoms with Gasteiger partial charge in [-0.2, -0.15) is 0 Å². The van der Waals surface area contributed by atoms with Gasteiger partial charge in [-0.1, -0.05) is 30.3 Å². The molecule has 5 nitrogen and oxygen atoms in total. The third kappa shape index (κ3) is 2.29. The fraction of sp³-hybridized carbons (Fsp3) is 0.0833. The first kappa shape index (κ1) is 11.2. The molecule has 0 aliphatic heterocycles. The Hall–Kier alpha value is -2.27. The summed E-state index contributed by atoms with van der Waals surface area (Å²) in [7, 11) is 0. The van der Waals surface area contributed by atoms with E-state index >= 15 is 0 Å². The summed E-state index contributed by atoms with van der Waals surface area (Å²) in [6.45, 7) is 0. The van der Waals surface area contributed by atoms with Crippen molar-refractivity contribution in [3.05, 3.63) is 70.0 Å². The second-order valence-electron chi connectivity index (χ2n) is 3.50. The van der Waals surface area contributed by atoms with Gasteiger partial charge >= 0.3 is 0 Å². The van der Waals surface area contributed by atoms with Crippen LogP contribution in [0.15, 0.2) is 48.8 Å². The van der Waals surface area contributed by atoms with Gasteiger partial charge < -0.3 is 5.11 Å². The van der Waals surface area contributed by atoms with E-state index in [-0.39, 0.29) is 11.3 Å². The number of hydrogen-bond acceptors (Lipinski definition) is 4. The third-order valence-corrected chi connectivity index (χ3v) is 2.44. The van der Waals surface area contributed by atoms with E-state index in [1.165, 1.54) is 12.3 Å². The average Bonchev–Trinajstić information content (AvgIpc) is 2.39. The van der Waals surface area contributed by atoms with Crippen molar-refractivity contribution in [3.8, 4) is 0 Å². The molecule has 1 aromatic heterocycles. The van der Waals surface area contributed by atoms with E-state index in [4.69, 9.17) is 0 Å². The van der Waals surface area contributed by atoms with Crippen LogP contribution in [0.25, 0.3) is 0 Å². The van der Waals surface area contributed by atoms with Crippen LogP contribution in [0.1, 0.15) is 17.2 Å². The number of nitrogens with zero attached hydrogens (tertiary/aromatic N) is 2. The van der Waals surface area contributed by atoms with Crippen LogP contribution in [0.5, 0.6) is 0 Å². The molecular weight excluding hydrogens is 220 g/mol. The molecule has 1 unspecified atom stereocenters. The van der Waals surface area contributed by atoms with Crippen molar-refractivity contribution in [1.29, 1.82) is 0 Å². The minimum absolute atomic E-state index is 0.177. The molecule has 0 saturated carbocycles. The molecule has 0 saturated heterocycles. The Morgan fingerprint density at radius 3 is 2.59 bits per heavy atom. The van der Waals surface area contributed by atoms with Crippen molar-refractivity contribution in [2.24, 2.45) is 0 Å².